The molecule has 6 aromatic rings. The van der Waals surface area contributed by atoms with Crippen LogP contribution in [-0.2, 0) is 4.84 Å². The number of carbonyl (C=O) groups is 2. The first-order chi connectivity index (χ1) is 25.0. The minimum Gasteiger partial charge on any atom is -0.477 e. The van der Waals surface area contributed by atoms with Crippen LogP contribution in [0.4, 0.5) is 0 Å². The van der Waals surface area contributed by atoms with Crippen LogP contribution in [0.15, 0.2) is 158 Å². The van der Waals surface area contributed by atoms with Gasteiger partial charge in [-0.2, -0.15) is 11.8 Å². The number of imide groups is 1. The Bertz CT molecular complexity index is 2000. The molecule has 0 fully saturated rings. The Morgan fingerprint density at radius 1 is 0.608 bits per heavy atom. The van der Waals surface area contributed by atoms with Crippen LogP contribution >= 0.6 is 11.8 Å². The molecule has 1 N–H and O–H groups in total. The Morgan fingerprint density at radius 3 is 1.41 bits per heavy atom. The summed E-state index contributed by atoms with van der Waals surface area (Å²) in [7, 11) is 0. The van der Waals surface area contributed by atoms with Crippen molar-refractivity contribution in [1.29, 1.82) is 0 Å². The lowest BCUT2D eigenvalue weighted by atomic mass is 10.0. The Morgan fingerprint density at radius 2 is 1.00 bits per heavy atom. The fraction of sp³-hybridized carbons (Fsp3) is 0.119. The Kier molecular flexibility index (Phi) is 10.1. The summed E-state index contributed by atoms with van der Waals surface area (Å²) in [5.41, 5.74) is 4.39. The van der Waals surface area contributed by atoms with Crippen LogP contribution in [0.1, 0.15) is 67.0 Å². The summed E-state index contributed by atoms with van der Waals surface area (Å²) in [4.78, 5) is 32.7. The molecule has 0 radical (unpaired) electrons. The van der Waals surface area contributed by atoms with E-state index in [9.17, 15) is 14.8 Å². The van der Waals surface area contributed by atoms with Gasteiger partial charge in [0.1, 0.15) is 12.2 Å². The van der Waals surface area contributed by atoms with Gasteiger partial charge in [-0.1, -0.05) is 133 Å². The van der Waals surface area contributed by atoms with Crippen molar-refractivity contribution in [2.75, 3.05) is 12.0 Å². The number of nitrogens with zero attached hydrogens (tertiary/aromatic N) is 2. The van der Waals surface area contributed by atoms with Crippen LogP contribution in [-0.4, -0.2) is 34.1 Å². The average molecular weight is 696 g/mol. The third kappa shape index (κ3) is 7.21. The van der Waals surface area contributed by atoms with Gasteiger partial charge in [0, 0.05) is 10.5 Å². The van der Waals surface area contributed by atoms with Crippen LogP contribution in [0.25, 0.3) is 0 Å². The summed E-state index contributed by atoms with van der Waals surface area (Å²) >= 11 is 1.44. The maximum absolute atomic E-state index is 13.3. The summed E-state index contributed by atoms with van der Waals surface area (Å²) in [6, 6.07) is 47.6. The molecule has 51 heavy (non-hydrogen) atoms. The maximum Gasteiger partial charge on any atom is 0.285 e. The third-order valence-electron chi connectivity index (χ3n) is 8.56. The second kappa shape index (κ2) is 15.3. The summed E-state index contributed by atoms with van der Waals surface area (Å²) in [5.74, 6) is -0.249. The lowest BCUT2D eigenvalue weighted by Crippen LogP contribution is -2.41. The number of aromatic nitrogens is 1. The van der Waals surface area contributed by atoms with Gasteiger partial charge in [-0.05, 0) is 40.6 Å². The number of hydrogen-bond acceptors (Lipinski definition) is 7. The van der Waals surface area contributed by atoms with Crippen molar-refractivity contribution in [1.82, 2.24) is 5.06 Å². The summed E-state index contributed by atoms with van der Waals surface area (Å²) in [6.07, 6.45) is 1.27. The van der Waals surface area contributed by atoms with Crippen LogP contribution in [0, 0.1) is 0 Å². The van der Waals surface area contributed by atoms with Crippen molar-refractivity contribution in [3.63, 3.8) is 0 Å². The van der Waals surface area contributed by atoms with Crippen molar-refractivity contribution in [2.45, 2.75) is 18.3 Å². The zero-order valence-corrected chi connectivity index (χ0v) is 28.6. The number of benzene rings is 5. The van der Waals surface area contributed by atoms with Gasteiger partial charge in [-0.15, -0.1) is 5.06 Å². The molecule has 1 aromatic heterocycles. The van der Waals surface area contributed by atoms with E-state index in [0.717, 1.165) is 32.0 Å². The number of rotatable bonds is 13. The molecule has 7 rings (SSSR count). The molecule has 0 bridgehead atoms. The molecule has 0 unspecified atom stereocenters. The van der Waals surface area contributed by atoms with Gasteiger partial charge >= 0.3 is 0 Å². The third-order valence-corrected chi connectivity index (χ3v) is 9.20. The quantitative estimate of drug-likeness (QED) is 0.0741. The highest BCUT2D eigenvalue weighted by Gasteiger charge is 2.41. The maximum atomic E-state index is 13.3. The fourth-order valence-electron chi connectivity index (χ4n) is 6.08. The predicted molar refractivity (Wildman–Crippen MR) is 194 cm³/mol. The van der Waals surface area contributed by atoms with Crippen LogP contribution in [0.3, 0.4) is 0 Å². The fourth-order valence-corrected chi connectivity index (χ4v) is 6.61. The molecule has 0 saturated carbocycles. The van der Waals surface area contributed by atoms with E-state index in [1.807, 2.05) is 128 Å². The monoisotopic (exact) mass is 695 g/mol. The van der Waals surface area contributed by atoms with Crippen molar-refractivity contribution >= 4 is 23.6 Å². The van der Waals surface area contributed by atoms with Crippen molar-refractivity contribution in [3.05, 3.63) is 197 Å². The molecule has 8 nitrogen and oxygen atoms in total. The predicted octanol–water partition coefficient (Wildman–Crippen LogP) is 8.18. The van der Waals surface area contributed by atoms with Crippen molar-refractivity contribution in [3.8, 4) is 11.5 Å². The molecule has 1 aliphatic heterocycles. The van der Waals surface area contributed by atoms with E-state index in [1.54, 1.807) is 30.3 Å². The number of hydrogen-bond donors (Lipinski definition) is 1. The van der Waals surface area contributed by atoms with Gasteiger partial charge in [0.2, 0.25) is 5.75 Å². The van der Waals surface area contributed by atoms with Crippen molar-refractivity contribution in [2.24, 2.45) is 0 Å². The lowest BCUT2D eigenvalue weighted by molar-refractivity contribution is -0.911. The first-order valence-electron chi connectivity index (χ1n) is 16.5. The highest BCUT2D eigenvalue weighted by Crippen LogP contribution is 2.39. The smallest absolute Gasteiger partial charge is 0.285 e. The number of thioether (sulfide) groups is 1. The van der Waals surface area contributed by atoms with E-state index in [-0.39, 0.29) is 22.6 Å². The minimum atomic E-state index is -0.936. The zero-order valence-electron chi connectivity index (χ0n) is 27.7. The molecule has 0 saturated heterocycles. The van der Waals surface area contributed by atoms with Crippen LogP contribution in [0.2, 0.25) is 0 Å². The van der Waals surface area contributed by atoms with Gasteiger partial charge in [-0.25, -0.2) is 4.84 Å². The number of amides is 2. The number of carbonyl (C=O) groups excluding carboxylic acids is 2. The van der Waals surface area contributed by atoms with Crippen LogP contribution < -0.4 is 14.2 Å². The SMILES string of the molecule is CSC[C@H](ON1C(=O)c2ccccc2C1=O)c1cc(OC(c2ccccc2)c2ccccc2)c(OC(c2ccccc2)c2ccccc2)c[n+]1O. The van der Waals surface area contributed by atoms with E-state index >= 15 is 0 Å². The summed E-state index contributed by atoms with van der Waals surface area (Å²) in [5, 5.41) is 12.4. The van der Waals surface area contributed by atoms with E-state index in [2.05, 4.69) is 0 Å². The highest BCUT2D eigenvalue weighted by atomic mass is 32.2. The van der Waals surface area contributed by atoms with E-state index in [4.69, 9.17) is 14.3 Å². The largest absolute Gasteiger partial charge is 0.477 e. The molecule has 1 aliphatic rings. The van der Waals surface area contributed by atoms with Gasteiger partial charge < -0.3 is 9.47 Å². The molecule has 254 valence electrons. The average Bonchev–Trinajstić information content (AvgIpc) is 3.42. The number of ether oxygens (including phenoxy) is 2. The number of pyridine rings is 1. The lowest BCUT2D eigenvalue weighted by Gasteiger charge is -2.25. The molecule has 2 amide bonds. The molecule has 5 aromatic carbocycles. The second-order valence-electron chi connectivity index (χ2n) is 11.9. The van der Waals surface area contributed by atoms with Crippen molar-refractivity contribution < 1.29 is 33.8 Å². The highest BCUT2D eigenvalue weighted by molar-refractivity contribution is 7.98. The summed E-state index contributed by atoms with van der Waals surface area (Å²) in [6.45, 7) is 0. The zero-order chi connectivity index (χ0) is 35.2. The Balaban J connectivity index is 1.33. The number of fused-ring (bicyclic) bond motifs is 1. The van der Waals surface area contributed by atoms with Gasteiger partial charge in [-0.3, -0.25) is 14.8 Å². The minimum absolute atomic E-state index is 0.249. The molecule has 0 spiro atoms. The molecular formula is C42H35N2O6S+. The molecule has 9 heteroatoms. The Hall–Kier alpha value is -5.90. The van der Waals surface area contributed by atoms with E-state index in [1.165, 1.54) is 18.0 Å². The van der Waals surface area contributed by atoms with E-state index < -0.39 is 30.1 Å². The van der Waals surface area contributed by atoms with E-state index in [0.29, 0.717) is 11.5 Å². The van der Waals surface area contributed by atoms with Gasteiger partial charge in [0.15, 0.2) is 11.9 Å². The molecular weight excluding hydrogens is 661 g/mol. The first kappa shape index (κ1) is 33.6. The molecule has 0 aliphatic carbocycles. The first-order valence-corrected chi connectivity index (χ1v) is 17.9. The molecule has 2 heterocycles. The summed E-state index contributed by atoms with van der Waals surface area (Å²) < 4.78 is 14.6. The standard InChI is InChI=1S/C42H35N2O6S/c1-51-28-38(50-44-41(45)33-24-14-15-25-34(33)42(44)46)35-26-36(48-39(29-16-6-2-7-17-29)30-18-8-3-9-19-30)37(27-43(35)47)49-40(31-20-10-4-11-21-31)32-22-12-5-13-23-32/h2-27,38-40,47H,28H2,1H3/q+1/t38-/m0/s1. The van der Waals surface area contributed by atoms with Gasteiger partial charge in [0.25, 0.3) is 23.7 Å². The second-order valence-corrected chi connectivity index (χ2v) is 12.8. The topological polar surface area (TPSA) is 89.2 Å². The van der Waals surface area contributed by atoms with Crippen LogP contribution in [0.5, 0.6) is 11.5 Å². The molecule has 1 atom stereocenters. The Labute approximate surface area is 300 Å². The normalized spacial score (nSPS) is 13.0. The van der Waals surface area contributed by atoms with Gasteiger partial charge in [0.05, 0.1) is 17.2 Å². The number of hydroxylamine groups is 2.